The monoisotopic (exact) mass is 280 g/mol. The molecule has 0 saturated carbocycles. The van der Waals surface area contributed by atoms with Crippen molar-refractivity contribution in [3.05, 3.63) is 12.2 Å². The Hall–Kier alpha value is -0.680. The Labute approximate surface area is 108 Å². The van der Waals surface area contributed by atoms with Gasteiger partial charge in [0.15, 0.2) is 0 Å². The number of esters is 1. The maximum Gasteiger partial charge on any atom is 0.333 e. The summed E-state index contributed by atoms with van der Waals surface area (Å²) in [6.45, 7) is 5.14. The van der Waals surface area contributed by atoms with E-state index in [0.29, 0.717) is 16.5 Å². The molecule has 2 N–H and O–H groups in total. The molecule has 1 unspecified atom stereocenters. The first kappa shape index (κ1) is 17.3. The highest BCUT2D eigenvalue weighted by Gasteiger charge is 2.31. The van der Waals surface area contributed by atoms with E-state index in [2.05, 4.69) is 6.58 Å². The van der Waals surface area contributed by atoms with Gasteiger partial charge in [0.05, 0.1) is 27.7 Å². The standard InChI is InChI=1S/C11H22NO5P/c1-9(2)11(13)17-7-6-10(12(3,4)5)8-18(14,15)16/h10H,1,6-8H2,2-5H3,(H-,14,15,16)/p+1. The zero-order chi connectivity index (χ0) is 14.6. The number of quaternary nitrogens is 1. The Morgan fingerprint density at radius 2 is 1.89 bits per heavy atom. The van der Waals surface area contributed by atoms with E-state index in [0.717, 1.165) is 0 Å². The number of hydrogen-bond acceptors (Lipinski definition) is 3. The van der Waals surface area contributed by atoms with Crippen molar-refractivity contribution in [1.82, 2.24) is 0 Å². The number of ether oxygens (including phenoxy) is 1. The van der Waals surface area contributed by atoms with Gasteiger partial charge in [0.2, 0.25) is 0 Å². The first-order valence-electron chi connectivity index (χ1n) is 5.62. The van der Waals surface area contributed by atoms with Gasteiger partial charge in [0.1, 0.15) is 12.2 Å². The second-order valence-electron chi connectivity index (χ2n) is 5.32. The van der Waals surface area contributed by atoms with Crippen molar-refractivity contribution in [1.29, 1.82) is 0 Å². The van der Waals surface area contributed by atoms with Crippen LogP contribution in [0.25, 0.3) is 0 Å². The summed E-state index contributed by atoms with van der Waals surface area (Å²) in [5.74, 6) is -0.480. The van der Waals surface area contributed by atoms with Crippen LogP contribution in [0.1, 0.15) is 13.3 Å². The van der Waals surface area contributed by atoms with Crippen LogP contribution in [0.3, 0.4) is 0 Å². The van der Waals surface area contributed by atoms with Gasteiger partial charge in [-0.25, -0.2) is 4.79 Å². The van der Waals surface area contributed by atoms with Crippen molar-refractivity contribution in [2.24, 2.45) is 0 Å². The molecule has 106 valence electrons. The summed E-state index contributed by atoms with van der Waals surface area (Å²) in [6.07, 6.45) is 0.175. The van der Waals surface area contributed by atoms with Crippen LogP contribution in [0, 0.1) is 0 Å². The summed E-state index contributed by atoms with van der Waals surface area (Å²) in [5, 5.41) is 0. The molecule has 0 aliphatic rings. The Morgan fingerprint density at radius 1 is 1.39 bits per heavy atom. The van der Waals surface area contributed by atoms with Crippen LogP contribution in [0.4, 0.5) is 0 Å². The van der Waals surface area contributed by atoms with E-state index in [1.165, 1.54) is 0 Å². The van der Waals surface area contributed by atoms with E-state index in [-0.39, 0.29) is 18.8 Å². The molecule has 1 atom stereocenters. The Bertz CT molecular complexity index is 355. The van der Waals surface area contributed by atoms with Crippen LogP contribution in [-0.2, 0) is 14.1 Å². The molecule has 7 heteroatoms. The zero-order valence-corrected chi connectivity index (χ0v) is 12.3. The molecule has 0 heterocycles. The quantitative estimate of drug-likeness (QED) is 0.311. The summed E-state index contributed by atoms with van der Waals surface area (Å²) >= 11 is 0. The van der Waals surface area contributed by atoms with Gasteiger partial charge >= 0.3 is 13.6 Å². The van der Waals surface area contributed by atoms with Crippen molar-refractivity contribution in [3.8, 4) is 0 Å². The lowest BCUT2D eigenvalue weighted by molar-refractivity contribution is -0.893. The molecule has 0 aromatic rings. The molecular formula is C11H23NO5P+. The van der Waals surface area contributed by atoms with Crippen molar-refractivity contribution in [2.45, 2.75) is 19.4 Å². The predicted octanol–water partition coefficient (Wildman–Crippen LogP) is 0.748. The molecule has 0 saturated heterocycles. The number of carbonyl (C=O) groups is 1. The zero-order valence-electron chi connectivity index (χ0n) is 11.4. The van der Waals surface area contributed by atoms with E-state index in [1.807, 2.05) is 21.1 Å². The van der Waals surface area contributed by atoms with Crippen LogP contribution in [-0.4, -0.2) is 60.2 Å². The van der Waals surface area contributed by atoms with Gasteiger partial charge in [0, 0.05) is 12.0 Å². The van der Waals surface area contributed by atoms with Gasteiger partial charge in [-0.1, -0.05) is 6.58 Å². The highest BCUT2D eigenvalue weighted by atomic mass is 31.2. The fourth-order valence-electron chi connectivity index (χ4n) is 1.41. The first-order valence-corrected chi connectivity index (χ1v) is 7.41. The molecule has 0 aliphatic heterocycles. The minimum absolute atomic E-state index is 0.131. The van der Waals surface area contributed by atoms with Crippen molar-refractivity contribution in [2.75, 3.05) is 33.9 Å². The molecule has 0 radical (unpaired) electrons. The minimum atomic E-state index is -4.07. The molecule has 0 fully saturated rings. The molecule has 0 aliphatic carbocycles. The number of carbonyl (C=O) groups excluding carboxylic acids is 1. The van der Waals surface area contributed by atoms with E-state index >= 15 is 0 Å². The van der Waals surface area contributed by atoms with E-state index in [9.17, 15) is 9.36 Å². The van der Waals surface area contributed by atoms with Gasteiger partial charge in [-0.15, -0.1) is 0 Å². The molecule has 0 aromatic carbocycles. The fraction of sp³-hybridized carbons (Fsp3) is 0.727. The van der Waals surface area contributed by atoms with Crippen LogP contribution in [0.5, 0.6) is 0 Å². The predicted molar refractivity (Wildman–Crippen MR) is 69.1 cm³/mol. The third-order valence-corrected chi connectivity index (χ3v) is 3.47. The smallest absolute Gasteiger partial charge is 0.333 e. The van der Waals surface area contributed by atoms with Gasteiger partial charge in [0.25, 0.3) is 0 Å². The lowest BCUT2D eigenvalue weighted by atomic mass is 10.2. The third-order valence-electron chi connectivity index (χ3n) is 2.58. The Balaban J connectivity index is 4.41. The molecule has 0 amide bonds. The third kappa shape index (κ3) is 7.61. The maximum absolute atomic E-state index is 11.2. The van der Waals surface area contributed by atoms with Crippen LogP contribution < -0.4 is 0 Å². The average Bonchev–Trinajstić information content (AvgIpc) is 2.12. The number of hydrogen-bond donors (Lipinski definition) is 2. The lowest BCUT2D eigenvalue weighted by Crippen LogP contribution is -2.47. The fourth-order valence-corrected chi connectivity index (χ4v) is 2.63. The van der Waals surface area contributed by atoms with Gasteiger partial charge in [-0.05, 0) is 6.92 Å². The first-order chi connectivity index (χ1) is 7.93. The highest BCUT2D eigenvalue weighted by molar-refractivity contribution is 7.51. The van der Waals surface area contributed by atoms with E-state index in [4.69, 9.17) is 14.5 Å². The van der Waals surface area contributed by atoms with E-state index in [1.54, 1.807) is 6.92 Å². The molecule has 0 bridgehead atoms. The topological polar surface area (TPSA) is 83.8 Å². The SMILES string of the molecule is C=C(C)C(=O)OCCC(CP(=O)(O)O)[N+](C)(C)C. The minimum Gasteiger partial charge on any atom is -0.462 e. The largest absolute Gasteiger partial charge is 0.462 e. The normalized spacial score (nSPS) is 14.1. The molecule has 0 spiro atoms. The molecule has 0 rings (SSSR count). The second kappa shape index (κ2) is 6.48. The molecular weight excluding hydrogens is 257 g/mol. The lowest BCUT2D eigenvalue weighted by Gasteiger charge is -2.34. The summed E-state index contributed by atoms with van der Waals surface area (Å²) in [6, 6.07) is -0.274. The van der Waals surface area contributed by atoms with Crippen molar-refractivity contribution in [3.63, 3.8) is 0 Å². The van der Waals surface area contributed by atoms with Gasteiger partial charge in [-0.2, -0.15) is 0 Å². The highest BCUT2D eigenvalue weighted by Crippen LogP contribution is 2.37. The van der Waals surface area contributed by atoms with Crippen LogP contribution in [0.2, 0.25) is 0 Å². The van der Waals surface area contributed by atoms with Crippen molar-refractivity contribution < 1.29 is 28.4 Å². The Kier molecular flexibility index (Phi) is 6.23. The summed E-state index contributed by atoms with van der Waals surface area (Å²) in [5.41, 5.74) is 0.312. The second-order valence-corrected chi connectivity index (χ2v) is 7.02. The Morgan fingerprint density at radius 3 is 2.22 bits per heavy atom. The molecule has 0 aromatic heterocycles. The van der Waals surface area contributed by atoms with Crippen LogP contribution in [0.15, 0.2) is 12.2 Å². The summed E-state index contributed by atoms with van der Waals surface area (Å²) in [4.78, 5) is 29.2. The van der Waals surface area contributed by atoms with Gasteiger partial charge in [-0.3, -0.25) is 4.57 Å². The van der Waals surface area contributed by atoms with Crippen LogP contribution >= 0.6 is 7.60 Å². The molecule has 6 nitrogen and oxygen atoms in total. The average molecular weight is 280 g/mol. The molecule has 18 heavy (non-hydrogen) atoms. The van der Waals surface area contributed by atoms with Gasteiger partial charge < -0.3 is 19.0 Å². The van der Waals surface area contributed by atoms with E-state index < -0.39 is 13.6 Å². The summed E-state index contributed by atoms with van der Waals surface area (Å²) in [7, 11) is 1.47. The maximum atomic E-state index is 11.2. The number of rotatable bonds is 7. The number of nitrogens with zero attached hydrogens (tertiary/aromatic N) is 1. The summed E-state index contributed by atoms with van der Waals surface area (Å²) < 4.78 is 16.4. The van der Waals surface area contributed by atoms with Crippen molar-refractivity contribution >= 4 is 13.6 Å².